The van der Waals surface area contributed by atoms with Crippen molar-refractivity contribution < 1.29 is 14.2 Å². The number of halogens is 1. The molecule has 0 saturated carbocycles. The summed E-state index contributed by atoms with van der Waals surface area (Å²) >= 11 is 0. The minimum Gasteiger partial charge on any atom is -0.387 e. The third kappa shape index (κ3) is 4.23. The zero-order chi connectivity index (χ0) is 13.8. The fourth-order valence-corrected chi connectivity index (χ4v) is 2.50. The first-order chi connectivity index (χ1) is 9.04. The smallest absolute Gasteiger partial charge is 0.141 e. The quantitative estimate of drug-likeness (QED) is 0.903. The van der Waals surface area contributed by atoms with E-state index in [1.165, 1.54) is 12.1 Å². The van der Waals surface area contributed by atoms with Crippen molar-refractivity contribution in [1.29, 1.82) is 0 Å². The molecule has 2 heterocycles. The zero-order valence-corrected chi connectivity index (χ0v) is 11.4. The molecule has 1 unspecified atom stereocenters. The molecule has 19 heavy (non-hydrogen) atoms. The first-order valence-corrected chi connectivity index (χ1v) is 6.72. The van der Waals surface area contributed by atoms with Crippen molar-refractivity contribution in [3.05, 3.63) is 29.8 Å². The summed E-state index contributed by atoms with van der Waals surface area (Å²) in [6.45, 7) is 6.67. The van der Waals surface area contributed by atoms with Crippen molar-refractivity contribution in [2.45, 2.75) is 38.6 Å². The number of pyridine rings is 1. The molecular formula is C14H21FN2O2. The summed E-state index contributed by atoms with van der Waals surface area (Å²) in [5, 5.41) is 10.0. The standard InChI is InChI=1S/C14H21FN2O2/c1-10-8-17(9-11(2)19-10)6-5-14(18)13-4-3-12(15)7-16-13/h3-4,7,10-11,14,18H,5-6,8-9H2,1-2H3/t10-,11+,14?. The molecule has 1 aromatic heterocycles. The van der Waals surface area contributed by atoms with E-state index >= 15 is 0 Å². The third-order valence-corrected chi connectivity index (χ3v) is 3.31. The number of hydrogen-bond acceptors (Lipinski definition) is 4. The van der Waals surface area contributed by atoms with Crippen LogP contribution in [0.5, 0.6) is 0 Å². The molecule has 0 aliphatic carbocycles. The Hall–Kier alpha value is -1.04. The van der Waals surface area contributed by atoms with Gasteiger partial charge in [0.2, 0.25) is 0 Å². The molecule has 0 amide bonds. The van der Waals surface area contributed by atoms with Gasteiger partial charge in [-0.25, -0.2) is 4.39 Å². The van der Waals surface area contributed by atoms with Crippen LogP contribution in [0, 0.1) is 5.82 Å². The first kappa shape index (κ1) is 14.4. The van der Waals surface area contributed by atoms with Crippen LogP contribution in [0.4, 0.5) is 4.39 Å². The van der Waals surface area contributed by atoms with Crippen LogP contribution in [0.1, 0.15) is 32.1 Å². The zero-order valence-electron chi connectivity index (χ0n) is 11.4. The maximum absolute atomic E-state index is 12.7. The summed E-state index contributed by atoms with van der Waals surface area (Å²) in [5.74, 6) is -0.383. The average Bonchev–Trinajstić information content (AvgIpc) is 2.36. The monoisotopic (exact) mass is 268 g/mol. The molecule has 1 N–H and O–H groups in total. The van der Waals surface area contributed by atoms with Gasteiger partial charge < -0.3 is 9.84 Å². The molecular weight excluding hydrogens is 247 g/mol. The third-order valence-electron chi connectivity index (χ3n) is 3.31. The van der Waals surface area contributed by atoms with Gasteiger partial charge in [-0.3, -0.25) is 9.88 Å². The summed E-state index contributed by atoms with van der Waals surface area (Å²) < 4.78 is 18.4. The minimum absolute atomic E-state index is 0.227. The molecule has 1 aliphatic heterocycles. The normalized spacial score (nSPS) is 26.3. The lowest BCUT2D eigenvalue weighted by molar-refractivity contribution is -0.0703. The van der Waals surface area contributed by atoms with Crippen molar-refractivity contribution in [3.63, 3.8) is 0 Å². The number of hydrogen-bond donors (Lipinski definition) is 1. The van der Waals surface area contributed by atoms with Crippen LogP contribution in [-0.2, 0) is 4.74 Å². The van der Waals surface area contributed by atoms with E-state index in [-0.39, 0.29) is 18.0 Å². The maximum Gasteiger partial charge on any atom is 0.141 e. The van der Waals surface area contributed by atoms with E-state index in [1.54, 1.807) is 0 Å². The lowest BCUT2D eigenvalue weighted by Crippen LogP contribution is -2.45. The molecule has 1 fully saturated rings. The number of morpholine rings is 1. The Balaban J connectivity index is 1.83. The van der Waals surface area contributed by atoms with Crippen molar-refractivity contribution in [2.75, 3.05) is 19.6 Å². The van der Waals surface area contributed by atoms with Gasteiger partial charge >= 0.3 is 0 Å². The molecule has 106 valence electrons. The van der Waals surface area contributed by atoms with Crippen molar-refractivity contribution in [1.82, 2.24) is 9.88 Å². The van der Waals surface area contributed by atoms with Gasteiger partial charge in [0.1, 0.15) is 5.82 Å². The van der Waals surface area contributed by atoms with Crippen molar-refractivity contribution >= 4 is 0 Å². The van der Waals surface area contributed by atoms with E-state index in [0.717, 1.165) is 25.8 Å². The maximum atomic E-state index is 12.7. The van der Waals surface area contributed by atoms with Crippen LogP contribution < -0.4 is 0 Å². The van der Waals surface area contributed by atoms with E-state index in [9.17, 15) is 9.50 Å². The molecule has 0 aromatic carbocycles. The lowest BCUT2D eigenvalue weighted by atomic mass is 10.1. The van der Waals surface area contributed by atoms with Gasteiger partial charge in [-0.2, -0.15) is 0 Å². The average molecular weight is 268 g/mol. The highest BCUT2D eigenvalue weighted by atomic mass is 19.1. The molecule has 0 radical (unpaired) electrons. The summed E-state index contributed by atoms with van der Waals surface area (Å²) in [4.78, 5) is 6.19. The van der Waals surface area contributed by atoms with Gasteiger partial charge in [-0.1, -0.05) is 0 Å². The van der Waals surface area contributed by atoms with Crippen LogP contribution in [0.3, 0.4) is 0 Å². The number of ether oxygens (including phenoxy) is 1. The Morgan fingerprint density at radius 1 is 1.42 bits per heavy atom. The Labute approximate surface area is 113 Å². The number of aliphatic hydroxyl groups excluding tert-OH is 1. The van der Waals surface area contributed by atoms with E-state index in [1.807, 2.05) is 0 Å². The highest BCUT2D eigenvalue weighted by molar-refractivity contribution is 5.07. The topological polar surface area (TPSA) is 45.6 Å². The highest BCUT2D eigenvalue weighted by Gasteiger charge is 2.22. The Morgan fingerprint density at radius 2 is 2.11 bits per heavy atom. The van der Waals surface area contributed by atoms with E-state index in [2.05, 4.69) is 23.7 Å². The summed E-state index contributed by atoms with van der Waals surface area (Å²) in [6.07, 6.45) is 1.54. The Kier molecular flexibility index (Phi) is 4.85. The van der Waals surface area contributed by atoms with Gasteiger partial charge in [0, 0.05) is 19.6 Å². The fraction of sp³-hybridized carbons (Fsp3) is 0.643. The summed E-state index contributed by atoms with van der Waals surface area (Å²) in [7, 11) is 0. The molecule has 5 heteroatoms. The number of aliphatic hydroxyl groups is 1. The highest BCUT2D eigenvalue weighted by Crippen LogP contribution is 2.17. The first-order valence-electron chi connectivity index (χ1n) is 6.72. The van der Waals surface area contributed by atoms with E-state index in [4.69, 9.17) is 4.74 Å². The van der Waals surface area contributed by atoms with Gasteiger partial charge in [0.05, 0.1) is 30.2 Å². The second-order valence-electron chi connectivity index (χ2n) is 5.22. The lowest BCUT2D eigenvalue weighted by Gasteiger charge is -2.35. The van der Waals surface area contributed by atoms with Gasteiger partial charge in [-0.05, 0) is 32.4 Å². The molecule has 1 aliphatic rings. The van der Waals surface area contributed by atoms with E-state index < -0.39 is 6.10 Å². The second-order valence-corrected chi connectivity index (χ2v) is 5.22. The van der Waals surface area contributed by atoms with Crippen LogP contribution in [0.15, 0.2) is 18.3 Å². The van der Waals surface area contributed by atoms with E-state index in [0.29, 0.717) is 12.1 Å². The van der Waals surface area contributed by atoms with Crippen molar-refractivity contribution in [2.24, 2.45) is 0 Å². The second kappa shape index (κ2) is 6.41. The number of nitrogens with zero attached hydrogens (tertiary/aromatic N) is 2. The molecule has 0 bridgehead atoms. The van der Waals surface area contributed by atoms with Crippen molar-refractivity contribution in [3.8, 4) is 0 Å². The molecule has 2 rings (SSSR count). The predicted molar refractivity (Wildman–Crippen MR) is 70.2 cm³/mol. The molecule has 0 spiro atoms. The van der Waals surface area contributed by atoms with Crippen LogP contribution in [0.25, 0.3) is 0 Å². The fourth-order valence-electron chi connectivity index (χ4n) is 2.50. The van der Waals surface area contributed by atoms with Crippen LogP contribution >= 0.6 is 0 Å². The van der Waals surface area contributed by atoms with Crippen LogP contribution in [-0.4, -0.2) is 46.8 Å². The van der Waals surface area contributed by atoms with Gasteiger partial charge in [0.25, 0.3) is 0 Å². The number of rotatable bonds is 4. The number of aromatic nitrogens is 1. The summed E-state index contributed by atoms with van der Waals surface area (Å²) in [5.41, 5.74) is 0.524. The molecule has 1 saturated heterocycles. The minimum atomic E-state index is -0.644. The van der Waals surface area contributed by atoms with Gasteiger partial charge in [-0.15, -0.1) is 0 Å². The summed E-state index contributed by atoms with van der Waals surface area (Å²) in [6, 6.07) is 2.86. The predicted octanol–water partition coefficient (Wildman–Crippen LogP) is 1.75. The Morgan fingerprint density at radius 3 is 2.68 bits per heavy atom. The SMILES string of the molecule is C[C@@H]1CN(CCC(O)c2ccc(F)cn2)C[C@H](C)O1. The molecule has 3 atom stereocenters. The van der Waals surface area contributed by atoms with Gasteiger partial charge in [0.15, 0.2) is 0 Å². The molecule has 1 aromatic rings. The Bertz CT molecular complexity index is 389. The molecule has 4 nitrogen and oxygen atoms in total. The largest absolute Gasteiger partial charge is 0.387 e. The van der Waals surface area contributed by atoms with Crippen LogP contribution in [0.2, 0.25) is 0 Å².